The summed E-state index contributed by atoms with van der Waals surface area (Å²) in [6, 6.07) is 14.5. The molecule has 3 rings (SSSR count). The number of aromatic nitrogens is 2. The van der Waals surface area contributed by atoms with Gasteiger partial charge in [0, 0.05) is 0 Å². The molecule has 0 aliphatic rings. The molecule has 0 saturated heterocycles. The average Bonchev–Trinajstić information content (AvgIpc) is 3.05. The van der Waals surface area contributed by atoms with Gasteiger partial charge in [0.1, 0.15) is 0 Å². The Morgan fingerprint density at radius 1 is 1.17 bits per heavy atom. The standard InChI is InChI=1S/C19H18Cl2N2Se/c1-14-3-2-4-15(9-14)12-24-19(11-23-8-7-22-13-23)17-6-5-16(20)10-18(17)21/h2-10,13,19H,11-12H2,1H3. The Balaban J connectivity index is 1.81. The summed E-state index contributed by atoms with van der Waals surface area (Å²) < 4.78 is 2.12. The van der Waals surface area contributed by atoms with Crippen LogP contribution in [0.15, 0.2) is 61.2 Å². The van der Waals surface area contributed by atoms with Crippen LogP contribution in [0.3, 0.4) is 0 Å². The molecule has 1 aromatic heterocycles. The molecule has 0 amide bonds. The van der Waals surface area contributed by atoms with Crippen LogP contribution in [-0.2, 0) is 11.9 Å². The van der Waals surface area contributed by atoms with Crippen molar-refractivity contribution in [3.8, 4) is 0 Å². The molecule has 0 fully saturated rings. The molecular weight excluding hydrogens is 406 g/mol. The summed E-state index contributed by atoms with van der Waals surface area (Å²) in [4.78, 5) is 4.52. The number of hydrogen-bond donors (Lipinski definition) is 0. The molecule has 1 unspecified atom stereocenters. The fraction of sp³-hybridized carbons (Fsp3) is 0.211. The molecule has 2 aromatic carbocycles. The van der Waals surface area contributed by atoms with E-state index >= 15 is 0 Å². The van der Waals surface area contributed by atoms with E-state index in [2.05, 4.69) is 46.8 Å². The average molecular weight is 424 g/mol. The number of nitrogens with zero attached hydrogens (tertiary/aromatic N) is 2. The first-order chi connectivity index (χ1) is 11.6. The van der Waals surface area contributed by atoms with E-state index in [0.29, 0.717) is 24.8 Å². The minimum atomic E-state index is 0.371. The number of rotatable bonds is 6. The quantitative estimate of drug-likeness (QED) is 0.501. The second-order valence-corrected chi connectivity index (χ2v) is 9.06. The predicted molar refractivity (Wildman–Crippen MR) is 102 cm³/mol. The van der Waals surface area contributed by atoms with E-state index in [1.165, 1.54) is 16.7 Å². The van der Waals surface area contributed by atoms with Crippen molar-refractivity contribution in [3.05, 3.63) is 87.9 Å². The summed E-state index contributed by atoms with van der Waals surface area (Å²) in [5.41, 5.74) is 3.86. The Morgan fingerprint density at radius 2 is 2.04 bits per heavy atom. The van der Waals surface area contributed by atoms with Gasteiger partial charge >= 0.3 is 159 Å². The number of halogens is 2. The first kappa shape index (κ1) is 17.6. The van der Waals surface area contributed by atoms with Crippen LogP contribution in [0.1, 0.15) is 21.5 Å². The van der Waals surface area contributed by atoms with Crippen molar-refractivity contribution in [3.63, 3.8) is 0 Å². The van der Waals surface area contributed by atoms with Crippen molar-refractivity contribution < 1.29 is 0 Å². The zero-order valence-electron chi connectivity index (χ0n) is 13.3. The van der Waals surface area contributed by atoms with Crippen LogP contribution in [0.4, 0.5) is 0 Å². The molecule has 0 bridgehead atoms. The van der Waals surface area contributed by atoms with Crippen LogP contribution < -0.4 is 0 Å². The minimum absolute atomic E-state index is 0.371. The first-order valence-corrected chi connectivity index (χ1v) is 10.7. The van der Waals surface area contributed by atoms with Gasteiger partial charge in [-0.25, -0.2) is 0 Å². The summed E-state index contributed by atoms with van der Waals surface area (Å²) in [5.74, 6) is 0. The molecule has 2 nitrogen and oxygen atoms in total. The van der Waals surface area contributed by atoms with Gasteiger partial charge in [-0.1, -0.05) is 0 Å². The molecule has 0 radical (unpaired) electrons. The third-order valence-corrected chi connectivity index (χ3v) is 7.08. The Kier molecular flexibility index (Phi) is 6.02. The van der Waals surface area contributed by atoms with Crippen molar-refractivity contribution in [1.29, 1.82) is 0 Å². The molecule has 1 heterocycles. The maximum absolute atomic E-state index is 6.47. The monoisotopic (exact) mass is 424 g/mol. The van der Waals surface area contributed by atoms with Gasteiger partial charge in [0.25, 0.3) is 0 Å². The Labute approximate surface area is 159 Å². The summed E-state index contributed by atoms with van der Waals surface area (Å²) in [7, 11) is 0. The van der Waals surface area contributed by atoms with E-state index in [4.69, 9.17) is 23.2 Å². The van der Waals surface area contributed by atoms with E-state index in [-0.39, 0.29) is 0 Å². The van der Waals surface area contributed by atoms with Gasteiger partial charge in [0.05, 0.1) is 0 Å². The van der Waals surface area contributed by atoms with Crippen LogP contribution in [0.25, 0.3) is 0 Å². The van der Waals surface area contributed by atoms with Crippen LogP contribution in [-0.4, -0.2) is 24.5 Å². The van der Waals surface area contributed by atoms with Crippen LogP contribution >= 0.6 is 23.2 Å². The van der Waals surface area contributed by atoms with Gasteiger partial charge in [-0.2, -0.15) is 0 Å². The fourth-order valence-corrected chi connectivity index (χ4v) is 5.87. The van der Waals surface area contributed by atoms with E-state index in [1.54, 1.807) is 0 Å². The Hall–Kier alpha value is -1.25. The molecule has 5 heteroatoms. The van der Waals surface area contributed by atoms with Crippen molar-refractivity contribution >= 4 is 38.2 Å². The normalized spacial score (nSPS) is 12.3. The molecule has 1 atom stereocenters. The number of imidazole rings is 1. The molecule has 0 saturated carbocycles. The topological polar surface area (TPSA) is 17.8 Å². The third kappa shape index (κ3) is 4.64. The Morgan fingerprint density at radius 3 is 2.75 bits per heavy atom. The first-order valence-electron chi connectivity index (χ1n) is 7.69. The number of benzene rings is 2. The Bertz CT molecular complexity index is 803. The molecule has 0 spiro atoms. The molecule has 0 N–H and O–H groups in total. The van der Waals surface area contributed by atoms with Gasteiger partial charge < -0.3 is 0 Å². The second kappa shape index (κ2) is 8.22. The predicted octanol–water partition coefficient (Wildman–Crippen LogP) is 5.14. The maximum atomic E-state index is 6.47. The molecule has 124 valence electrons. The van der Waals surface area contributed by atoms with Crippen molar-refractivity contribution in [2.75, 3.05) is 0 Å². The van der Waals surface area contributed by atoms with E-state index in [1.807, 2.05) is 30.9 Å². The van der Waals surface area contributed by atoms with Crippen molar-refractivity contribution in [2.45, 2.75) is 23.6 Å². The fourth-order valence-electron chi connectivity index (χ4n) is 2.59. The SMILES string of the molecule is Cc1cccc(C[Se]C(Cn2ccnc2)c2ccc(Cl)cc2Cl)c1. The molecule has 3 aromatic rings. The summed E-state index contributed by atoms with van der Waals surface area (Å²) in [5, 5.41) is 2.50. The van der Waals surface area contributed by atoms with Gasteiger partial charge in [-0.3, -0.25) is 0 Å². The van der Waals surface area contributed by atoms with Crippen LogP contribution in [0.2, 0.25) is 10.0 Å². The van der Waals surface area contributed by atoms with E-state index in [9.17, 15) is 0 Å². The molecular formula is C19H18Cl2N2Se. The van der Waals surface area contributed by atoms with Crippen LogP contribution in [0, 0.1) is 6.92 Å². The van der Waals surface area contributed by atoms with E-state index in [0.717, 1.165) is 16.9 Å². The summed E-state index contributed by atoms with van der Waals surface area (Å²) in [6.45, 7) is 3.02. The third-order valence-electron chi connectivity index (χ3n) is 3.78. The second-order valence-electron chi connectivity index (χ2n) is 5.71. The summed E-state index contributed by atoms with van der Waals surface area (Å²) >= 11 is 12.9. The van der Waals surface area contributed by atoms with Gasteiger partial charge in [0.15, 0.2) is 0 Å². The van der Waals surface area contributed by atoms with Crippen molar-refractivity contribution in [2.24, 2.45) is 0 Å². The van der Waals surface area contributed by atoms with Crippen molar-refractivity contribution in [1.82, 2.24) is 9.55 Å². The van der Waals surface area contributed by atoms with E-state index < -0.39 is 0 Å². The number of aryl methyl sites for hydroxylation is 1. The van der Waals surface area contributed by atoms with Gasteiger partial charge in [-0.05, 0) is 0 Å². The molecule has 0 aliphatic carbocycles. The zero-order valence-corrected chi connectivity index (χ0v) is 16.5. The zero-order chi connectivity index (χ0) is 16.9. The molecule has 0 aliphatic heterocycles. The van der Waals surface area contributed by atoms with Crippen LogP contribution in [0.5, 0.6) is 0 Å². The molecule has 24 heavy (non-hydrogen) atoms. The van der Waals surface area contributed by atoms with Gasteiger partial charge in [-0.15, -0.1) is 0 Å². The summed E-state index contributed by atoms with van der Waals surface area (Å²) in [6.07, 6.45) is 5.67. The van der Waals surface area contributed by atoms with Gasteiger partial charge in [0.2, 0.25) is 0 Å². The number of hydrogen-bond acceptors (Lipinski definition) is 1.